The quantitative estimate of drug-likeness (QED) is 0.170. The van der Waals surface area contributed by atoms with Crippen molar-refractivity contribution in [3.05, 3.63) is 0 Å². The molecule has 0 unspecified atom stereocenters. The minimum absolute atomic E-state index is 0. The summed E-state index contributed by atoms with van der Waals surface area (Å²) in [4.78, 5) is 3.80. The maximum absolute atomic E-state index is 9.49. The molecule has 0 aliphatic carbocycles. The van der Waals surface area contributed by atoms with Crippen LogP contribution in [0.15, 0.2) is 0 Å². The van der Waals surface area contributed by atoms with Crippen molar-refractivity contribution < 1.29 is 56.9 Å². The van der Waals surface area contributed by atoms with Crippen molar-refractivity contribution in [2.75, 3.05) is 13.2 Å². The molecule has 0 radical (unpaired) electrons. The van der Waals surface area contributed by atoms with Gasteiger partial charge in [-0.1, -0.05) is 0 Å². The largest absolute Gasteiger partial charge is 1.00 e. The zero-order chi connectivity index (χ0) is 9.33. The van der Waals surface area contributed by atoms with E-state index >= 15 is 0 Å². The number of aliphatic hydroxyl groups is 1. The zero-order valence-corrected chi connectivity index (χ0v) is 10.1. The predicted octanol–water partition coefficient (Wildman–Crippen LogP) is -3.58. The van der Waals surface area contributed by atoms with Crippen LogP contribution in [-0.4, -0.2) is 31.3 Å². The fourth-order valence-electron chi connectivity index (χ4n) is 0.107. The van der Waals surface area contributed by atoms with Crippen molar-refractivity contribution in [2.24, 2.45) is 0 Å². The fraction of sp³-hybridized carbons (Fsp3) is 1.00. The van der Waals surface area contributed by atoms with E-state index in [1.54, 1.807) is 6.92 Å². The molecule has 0 aromatic rings. The topological polar surface area (TPSA) is 95.9 Å². The first-order valence-corrected chi connectivity index (χ1v) is 4.19. The van der Waals surface area contributed by atoms with Gasteiger partial charge in [-0.3, -0.25) is 0 Å². The maximum atomic E-state index is 9.49. The summed E-state index contributed by atoms with van der Waals surface area (Å²) in [6.45, 7) is 3.45. The molecule has 0 saturated carbocycles. The van der Waals surface area contributed by atoms with Gasteiger partial charge >= 0.3 is 29.6 Å². The number of hydrogen-bond acceptors (Lipinski definition) is 6. The third kappa shape index (κ3) is 30.8. The van der Waals surface area contributed by atoms with Gasteiger partial charge in [0.05, 0.1) is 6.61 Å². The van der Waals surface area contributed by atoms with Crippen molar-refractivity contribution in [1.82, 2.24) is 0 Å². The summed E-state index contributed by atoms with van der Waals surface area (Å²) in [6, 6.07) is 0. The van der Waals surface area contributed by atoms with Crippen molar-refractivity contribution >= 4 is 10.4 Å². The molecule has 0 aromatic heterocycles. The molecular weight excluding hydrogens is 199 g/mol. The summed E-state index contributed by atoms with van der Waals surface area (Å²) in [7, 11) is -4.66. The Labute approximate surface area is 94.0 Å². The van der Waals surface area contributed by atoms with Crippen molar-refractivity contribution in [3.63, 3.8) is 0 Å². The molecule has 0 bridgehead atoms. The van der Waals surface area contributed by atoms with Gasteiger partial charge in [0.15, 0.2) is 0 Å². The summed E-state index contributed by atoms with van der Waals surface area (Å²) in [6.07, 6.45) is 0. The molecule has 12 heavy (non-hydrogen) atoms. The molecule has 0 rings (SSSR count). The summed E-state index contributed by atoms with van der Waals surface area (Å²) in [5, 5.41) is 7.57. The molecule has 8 heteroatoms. The van der Waals surface area contributed by atoms with Crippen LogP contribution in [0.4, 0.5) is 0 Å². The van der Waals surface area contributed by atoms with Crippen molar-refractivity contribution in [3.8, 4) is 0 Å². The van der Waals surface area contributed by atoms with Crippen LogP contribution in [0, 0.1) is 0 Å². The Balaban J connectivity index is -0.000000177. The van der Waals surface area contributed by atoms with Gasteiger partial charge < -0.3 is 9.66 Å². The van der Waals surface area contributed by atoms with Crippen LogP contribution in [0.25, 0.3) is 0 Å². The molecule has 70 valence electrons. The van der Waals surface area contributed by atoms with Crippen molar-refractivity contribution in [1.29, 1.82) is 0 Å². The first-order chi connectivity index (χ1) is 4.97. The van der Waals surface area contributed by atoms with E-state index < -0.39 is 10.4 Å². The summed E-state index contributed by atoms with van der Waals surface area (Å²) < 4.78 is 31.8. The Kier molecular flexibility index (Phi) is 18.2. The predicted molar refractivity (Wildman–Crippen MR) is 35.2 cm³/mol. The summed E-state index contributed by atoms with van der Waals surface area (Å²) >= 11 is 0. The average Bonchev–Trinajstić information content (AvgIpc) is 1.84. The Morgan fingerprint density at radius 3 is 1.83 bits per heavy atom. The van der Waals surface area contributed by atoms with Gasteiger partial charge in [-0.15, -0.1) is 4.33 Å². The molecule has 0 aromatic carbocycles. The van der Waals surface area contributed by atoms with Crippen molar-refractivity contribution in [2.45, 2.75) is 13.8 Å². The molecule has 0 amide bonds. The number of hydrogen-bond donors (Lipinski definition) is 1. The third-order valence-electron chi connectivity index (χ3n) is 0.249. The average molecular weight is 210 g/mol. The van der Waals surface area contributed by atoms with Gasteiger partial charge in [0, 0.05) is 6.61 Å². The molecule has 0 aliphatic heterocycles. The molecule has 0 heterocycles. The van der Waals surface area contributed by atoms with Crippen LogP contribution in [-0.2, 0) is 19.6 Å². The van der Waals surface area contributed by atoms with Gasteiger partial charge in [-0.2, -0.15) is 0 Å². The minimum atomic E-state index is -4.66. The number of aliphatic hydroxyl groups excluding tert-OH is 1. The molecule has 0 atom stereocenters. The van der Waals surface area contributed by atoms with E-state index in [-0.39, 0.29) is 42.8 Å². The van der Waals surface area contributed by atoms with E-state index in [1.165, 1.54) is 6.92 Å². The second kappa shape index (κ2) is 11.8. The van der Waals surface area contributed by atoms with Crippen LogP contribution < -0.4 is 29.6 Å². The first kappa shape index (κ1) is 18.5. The van der Waals surface area contributed by atoms with Crippen LogP contribution in [0.1, 0.15) is 13.8 Å². The van der Waals surface area contributed by atoms with Crippen LogP contribution >= 0.6 is 0 Å². The van der Waals surface area contributed by atoms with Gasteiger partial charge in [0.25, 0.3) is 0 Å². The van der Waals surface area contributed by atoms with E-state index in [0.29, 0.717) is 0 Å². The fourth-order valence-corrected chi connectivity index (χ4v) is 0.321. The minimum Gasteiger partial charge on any atom is -0.724 e. The normalized spacial score (nSPS) is 9.33. The second-order valence-corrected chi connectivity index (χ2v) is 2.15. The van der Waals surface area contributed by atoms with Gasteiger partial charge in [0.1, 0.15) is 0 Å². The second-order valence-electron chi connectivity index (χ2n) is 1.20. The molecular formula is C4H11NaO6S. The number of rotatable bonds is 3. The molecule has 0 aliphatic rings. The smallest absolute Gasteiger partial charge is 0.724 e. The Morgan fingerprint density at radius 2 is 1.75 bits per heavy atom. The Bertz CT molecular complexity index is 155. The van der Waals surface area contributed by atoms with Crippen LogP contribution in [0.3, 0.4) is 0 Å². The van der Waals surface area contributed by atoms with Gasteiger partial charge in [-0.05, 0) is 13.8 Å². The van der Waals surface area contributed by atoms with Crippen LogP contribution in [0.2, 0.25) is 0 Å². The SMILES string of the molecule is CCO.CCOOS(=O)(=O)[O-].[Na+]. The van der Waals surface area contributed by atoms with Gasteiger partial charge in [-0.25, -0.2) is 13.3 Å². The molecule has 0 fully saturated rings. The Morgan fingerprint density at radius 1 is 1.42 bits per heavy atom. The van der Waals surface area contributed by atoms with E-state index in [9.17, 15) is 13.0 Å². The third-order valence-corrected chi connectivity index (χ3v) is 0.512. The van der Waals surface area contributed by atoms with E-state index in [0.717, 1.165) is 0 Å². The van der Waals surface area contributed by atoms with E-state index in [4.69, 9.17) is 5.11 Å². The Hall–Kier alpha value is 0.790. The molecule has 0 saturated heterocycles. The van der Waals surface area contributed by atoms with E-state index in [2.05, 4.69) is 9.22 Å². The standard InChI is InChI=1S/C2H6O5S.C2H6O.Na/c1-2-6-7-8(3,4)5;1-2-3;/h2H2,1H3,(H,3,4,5);3H,2H2,1H3;/q;;+1/p-1. The van der Waals surface area contributed by atoms with Crippen LogP contribution in [0.5, 0.6) is 0 Å². The summed E-state index contributed by atoms with van der Waals surface area (Å²) in [5.41, 5.74) is 0. The zero-order valence-electron chi connectivity index (χ0n) is 7.31. The summed E-state index contributed by atoms with van der Waals surface area (Å²) in [5.74, 6) is 0. The monoisotopic (exact) mass is 210 g/mol. The molecule has 0 spiro atoms. The van der Waals surface area contributed by atoms with E-state index in [1.807, 2.05) is 0 Å². The van der Waals surface area contributed by atoms with Gasteiger partial charge in [0.2, 0.25) is 10.4 Å². The molecule has 6 nitrogen and oxygen atoms in total. The molecule has 1 N–H and O–H groups in total. The first-order valence-electron chi connectivity index (χ1n) is 2.85. The maximum Gasteiger partial charge on any atom is 1.00 e.